The van der Waals surface area contributed by atoms with Gasteiger partial charge in [0.05, 0.1) is 0 Å². The monoisotopic (exact) mass is 240 g/mol. The van der Waals surface area contributed by atoms with Crippen LogP contribution in [0.5, 0.6) is 0 Å². The molecule has 0 unspecified atom stereocenters. The van der Waals surface area contributed by atoms with E-state index in [0.717, 1.165) is 17.8 Å². The average Bonchev–Trinajstić information content (AvgIpc) is 2.28. The summed E-state index contributed by atoms with van der Waals surface area (Å²) in [6.07, 6.45) is 4.14. The molecule has 0 radical (unpaired) electrons. The Morgan fingerprint density at radius 1 is 0.625 bits per heavy atom. The largest absolute Gasteiger partial charge is 0.262 e. The lowest BCUT2D eigenvalue weighted by Gasteiger charge is -2.21. The fourth-order valence-electron chi connectivity index (χ4n) is 2.50. The Hall–Kier alpha value is 0.532. The average molecular weight is 240 g/mol. The van der Waals surface area contributed by atoms with Gasteiger partial charge in [0.25, 0.3) is 14.1 Å². The van der Waals surface area contributed by atoms with Crippen LogP contribution in [0.1, 0.15) is 60.8 Å². The van der Waals surface area contributed by atoms with Crippen molar-refractivity contribution in [2.45, 2.75) is 76.7 Å². The van der Waals surface area contributed by atoms with E-state index < -0.39 is 14.1 Å². The lowest BCUT2D eigenvalue weighted by Crippen LogP contribution is -2.21. The normalized spacial score (nSPS) is 16.9. The highest BCUT2D eigenvalue weighted by atomic mass is 27.2. The molecule has 0 aliphatic rings. The van der Waals surface area contributed by atoms with E-state index in [4.69, 9.17) is 0 Å². The minimum absolute atomic E-state index is 0.460. The van der Waals surface area contributed by atoms with Gasteiger partial charge in [-0.15, -0.1) is 0 Å². The second-order valence-electron chi connectivity index (χ2n) is 6.11. The van der Waals surface area contributed by atoms with Crippen LogP contribution >= 0.6 is 0 Å². The molecule has 0 bridgehead atoms. The van der Waals surface area contributed by atoms with Crippen molar-refractivity contribution < 1.29 is 0 Å². The molecule has 16 heavy (non-hydrogen) atoms. The lowest BCUT2D eigenvalue weighted by molar-refractivity contribution is 0.568. The van der Waals surface area contributed by atoms with Crippen LogP contribution < -0.4 is 0 Å². The third kappa shape index (κ3) is 7.75. The summed E-state index contributed by atoms with van der Waals surface area (Å²) in [7, 11) is 0. The fourth-order valence-corrected chi connectivity index (χ4v) is 7.49. The van der Waals surface area contributed by atoms with Gasteiger partial charge in [0.2, 0.25) is 0 Å². The first-order valence-electron chi connectivity index (χ1n) is 7.53. The first-order valence-corrected chi connectivity index (χ1v) is 9.98. The summed E-state index contributed by atoms with van der Waals surface area (Å²) in [5, 5.41) is 4.77. The minimum atomic E-state index is -0.460. The van der Waals surface area contributed by atoms with Gasteiger partial charge in [-0.05, 0) is 0 Å². The first kappa shape index (κ1) is 16.5. The van der Waals surface area contributed by atoms with E-state index in [1.165, 1.54) is 19.3 Å². The third-order valence-electron chi connectivity index (χ3n) is 4.30. The Morgan fingerprint density at radius 3 is 1.06 bits per heavy atom. The lowest BCUT2D eigenvalue weighted by atomic mass is 10.1. The Kier molecular flexibility index (Phi) is 9.87. The predicted molar refractivity (Wildman–Crippen MR) is 78.5 cm³/mol. The van der Waals surface area contributed by atoms with Crippen LogP contribution in [0.25, 0.3) is 0 Å². The molecular weight excluding hydrogens is 207 g/mol. The molecule has 0 fully saturated rings. The van der Waals surface area contributed by atoms with Gasteiger partial charge in [-0.3, -0.25) is 0 Å². The first-order chi connectivity index (χ1) is 7.53. The topological polar surface area (TPSA) is 0 Å². The van der Waals surface area contributed by atoms with Crippen LogP contribution in [0.2, 0.25) is 15.8 Å². The molecule has 0 saturated heterocycles. The molecule has 0 rings (SSSR count). The molecular formula is C15H33Al. The Bertz CT molecular complexity index is 127. The fraction of sp³-hybridized carbons (Fsp3) is 1.00. The highest BCUT2D eigenvalue weighted by Crippen LogP contribution is 2.25. The molecule has 96 valence electrons. The molecule has 0 spiro atoms. The number of hydrogen-bond donors (Lipinski definition) is 0. The molecule has 0 saturated carbocycles. The Labute approximate surface area is 109 Å². The predicted octanol–water partition coefficient (Wildman–Crippen LogP) is 5.62. The van der Waals surface area contributed by atoms with Crippen molar-refractivity contribution in [3.05, 3.63) is 0 Å². The van der Waals surface area contributed by atoms with Crippen molar-refractivity contribution >= 4 is 14.1 Å². The maximum absolute atomic E-state index is 2.45. The van der Waals surface area contributed by atoms with Crippen molar-refractivity contribution in [1.29, 1.82) is 0 Å². The number of rotatable bonds is 9. The molecule has 3 atom stereocenters. The highest BCUT2D eigenvalue weighted by Gasteiger charge is 2.23. The maximum atomic E-state index is 2.45. The Balaban J connectivity index is 4.15. The second-order valence-corrected chi connectivity index (χ2v) is 9.26. The molecule has 0 nitrogen and oxygen atoms in total. The van der Waals surface area contributed by atoms with E-state index in [1.807, 2.05) is 0 Å². The van der Waals surface area contributed by atoms with Gasteiger partial charge in [0, 0.05) is 0 Å². The smallest absolute Gasteiger partial charge is 0.0913 e. The third-order valence-corrected chi connectivity index (χ3v) is 8.71. The van der Waals surface area contributed by atoms with Crippen molar-refractivity contribution in [2.75, 3.05) is 0 Å². The molecule has 0 aromatic carbocycles. The van der Waals surface area contributed by atoms with Crippen LogP contribution in [0.4, 0.5) is 0 Å². The van der Waals surface area contributed by atoms with Crippen LogP contribution in [0, 0.1) is 17.8 Å². The van der Waals surface area contributed by atoms with Crippen LogP contribution in [-0.4, -0.2) is 14.1 Å². The summed E-state index contributed by atoms with van der Waals surface area (Å²) in [6, 6.07) is 0. The zero-order valence-electron chi connectivity index (χ0n) is 12.6. The molecule has 0 aromatic rings. The van der Waals surface area contributed by atoms with Gasteiger partial charge in [-0.1, -0.05) is 94.4 Å². The summed E-state index contributed by atoms with van der Waals surface area (Å²) in [5.41, 5.74) is 0. The molecule has 1 heteroatoms. The molecule has 0 aliphatic heterocycles. The maximum Gasteiger partial charge on any atom is 0.262 e. The summed E-state index contributed by atoms with van der Waals surface area (Å²) in [4.78, 5) is 0. The van der Waals surface area contributed by atoms with Gasteiger partial charge in [-0.25, -0.2) is 0 Å². The van der Waals surface area contributed by atoms with E-state index in [9.17, 15) is 0 Å². The quantitative estimate of drug-likeness (QED) is 0.459. The van der Waals surface area contributed by atoms with Crippen molar-refractivity contribution in [3.63, 3.8) is 0 Å². The van der Waals surface area contributed by atoms with Gasteiger partial charge in [0.15, 0.2) is 0 Å². The molecule has 0 N–H and O–H groups in total. The van der Waals surface area contributed by atoms with Gasteiger partial charge >= 0.3 is 0 Å². The Morgan fingerprint density at radius 2 is 0.875 bits per heavy atom. The van der Waals surface area contributed by atoms with Crippen molar-refractivity contribution in [2.24, 2.45) is 17.8 Å². The minimum Gasteiger partial charge on any atom is -0.0913 e. The van der Waals surface area contributed by atoms with E-state index in [2.05, 4.69) is 41.5 Å². The van der Waals surface area contributed by atoms with Crippen LogP contribution in [-0.2, 0) is 0 Å². The van der Waals surface area contributed by atoms with Gasteiger partial charge in [-0.2, -0.15) is 0 Å². The zero-order valence-corrected chi connectivity index (χ0v) is 13.7. The van der Waals surface area contributed by atoms with Crippen molar-refractivity contribution in [1.82, 2.24) is 0 Å². The standard InChI is InChI=1S/3C5H11.Al/c3*1-4-5(2)3;/h3*5H,2,4H2,1,3H3;/t3*5-;/m111./s1. The summed E-state index contributed by atoms with van der Waals surface area (Å²) < 4.78 is 0. The van der Waals surface area contributed by atoms with Gasteiger partial charge < -0.3 is 0 Å². The molecule has 0 amide bonds. The molecule has 0 aromatic heterocycles. The second kappa shape index (κ2) is 9.55. The van der Waals surface area contributed by atoms with E-state index in [1.54, 1.807) is 15.8 Å². The highest BCUT2D eigenvalue weighted by molar-refractivity contribution is 6.58. The molecule has 0 aliphatic carbocycles. The summed E-state index contributed by atoms with van der Waals surface area (Å²) in [6.45, 7) is 14.4. The van der Waals surface area contributed by atoms with Crippen LogP contribution in [0.3, 0.4) is 0 Å². The summed E-state index contributed by atoms with van der Waals surface area (Å²) >= 11 is -0.460. The van der Waals surface area contributed by atoms with Crippen molar-refractivity contribution in [3.8, 4) is 0 Å². The van der Waals surface area contributed by atoms with E-state index in [0.29, 0.717) is 0 Å². The SMILES string of the molecule is CC[C@@H](C)[CH2][Al]([CH2][C@H](C)CC)[CH2][C@H](C)CC. The van der Waals surface area contributed by atoms with E-state index >= 15 is 0 Å². The van der Waals surface area contributed by atoms with Crippen LogP contribution in [0.15, 0.2) is 0 Å². The zero-order chi connectivity index (χ0) is 12.6. The number of hydrogen-bond acceptors (Lipinski definition) is 0. The van der Waals surface area contributed by atoms with E-state index in [-0.39, 0.29) is 0 Å². The van der Waals surface area contributed by atoms with Gasteiger partial charge in [0.1, 0.15) is 0 Å². The molecule has 0 heterocycles. The summed E-state index contributed by atoms with van der Waals surface area (Å²) in [5.74, 6) is 2.93.